The van der Waals surface area contributed by atoms with Crippen molar-refractivity contribution in [1.29, 1.82) is 0 Å². The van der Waals surface area contributed by atoms with E-state index in [1.54, 1.807) is 0 Å². The number of nitrogens with two attached hydrogens (primary N) is 1. The Morgan fingerprint density at radius 1 is 0.909 bits per heavy atom. The van der Waals surface area contributed by atoms with E-state index in [1.165, 1.54) is 0 Å². The molecule has 0 aromatic rings. The van der Waals surface area contributed by atoms with Crippen LogP contribution in [-0.2, 0) is 9.59 Å². The molecule has 22 heavy (non-hydrogen) atoms. The third-order valence-corrected chi connectivity index (χ3v) is 3.44. The number of rotatable bonds is 10. The van der Waals surface area contributed by atoms with Crippen molar-refractivity contribution in [2.75, 3.05) is 39.3 Å². The van der Waals surface area contributed by atoms with E-state index in [4.69, 9.17) is 15.9 Å². The van der Waals surface area contributed by atoms with Crippen molar-refractivity contribution < 1.29 is 19.8 Å². The van der Waals surface area contributed by atoms with Gasteiger partial charge in [0, 0.05) is 52.1 Å². The summed E-state index contributed by atoms with van der Waals surface area (Å²) in [5.41, 5.74) is 5.40. The average Bonchev–Trinajstić information content (AvgIpc) is 2.48. The van der Waals surface area contributed by atoms with Crippen LogP contribution in [0.2, 0.25) is 0 Å². The SMILES string of the molecule is NCCN1CCNCC1.O=C(O)CCCCCCCC(=O)O. The summed E-state index contributed by atoms with van der Waals surface area (Å²) in [5, 5.41) is 19.9. The van der Waals surface area contributed by atoms with Gasteiger partial charge in [-0.1, -0.05) is 19.3 Å². The van der Waals surface area contributed by atoms with E-state index in [9.17, 15) is 9.59 Å². The van der Waals surface area contributed by atoms with E-state index in [-0.39, 0.29) is 12.8 Å². The second-order valence-electron chi connectivity index (χ2n) is 5.44. The predicted octanol–water partition coefficient (Wildman–Crippen LogP) is 0.737. The Kier molecular flexibility index (Phi) is 14.0. The molecule has 0 saturated carbocycles. The molecule has 0 bridgehead atoms. The molecule has 1 heterocycles. The number of nitrogens with zero attached hydrogens (tertiary/aromatic N) is 1. The Bertz CT molecular complexity index is 274. The highest BCUT2D eigenvalue weighted by molar-refractivity contribution is 5.66. The molecule has 7 nitrogen and oxygen atoms in total. The summed E-state index contributed by atoms with van der Waals surface area (Å²) < 4.78 is 0. The van der Waals surface area contributed by atoms with Crippen LogP contribution in [0, 0.1) is 0 Å². The smallest absolute Gasteiger partial charge is 0.303 e. The van der Waals surface area contributed by atoms with Gasteiger partial charge in [0.15, 0.2) is 0 Å². The van der Waals surface area contributed by atoms with Crippen molar-refractivity contribution in [2.24, 2.45) is 5.73 Å². The fraction of sp³-hybridized carbons (Fsp3) is 0.867. The van der Waals surface area contributed by atoms with Crippen LogP contribution >= 0.6 is 0 Å². The van der Waals surface area contributed by atoms with Crippen LogP contribution in [0.15, 0.2) is 0 Å². The number of hydrogen-bond donors (Lipinski definition) is 4. The summed E-state index contributed by atoms with van der Waals surface area (Å²) in [5.74, 6) is -1.52. The van der Waals surface area contributed by atoms with E-state index < -0.39 is 11.9 Å². The summed E-state index contributed by atoms with van der Waals surface area (Å²) in [6.07, 6.45) is 4.53. The zero-order chi connectivity index (χ0) is 16.6. The first-order chi connectivity index (χ1) is 10.6. The third kappa shape index (κ3) is 15.2. The molecule has 1 aliphatic rings. The van der Waals surface area contributed by atoms with Gasteiger partial charge in [0.2, 0.25) is 0 Å². The minimum atomic E-state index is -0.759. The minimum absolute atomic E-state index is 0.221. The molecular weight excluding hydrogens is 286 g/mol. The van der Waals surface area contributed by atoms with Crippen molar-refractivity contribution in [3.05, 3.63) is 0 Å². The van der Waals surface area contributed by atoms with Crippen LogP contribution in [0.5, 0.6) is 0 Å². The van der Waals surface area contributed by atoms with Gasteiger partial charge in [-0.25, -0.2) is 0 Å². The van der Waals surface area contributed by atoms with Crippen LogP contribution < -0.4 is 11.1 Å². The monoisotopic (exact) mass is 317 g/mol. The standard InChI is InChI=1S/C9H16O4.C6H15N3/c10-8(11)6-4-2-1-3-5-7-9(12)13;7-1-4-9-5-2-8-3-6-9/h1-7H2,(H,10,11)(H,12,13);8H,1-7H2. The Morgan fingerprint density at radius 3 is 1.77 bits per heavy atom. The lowest BCUT2D eigenvalue weighted by molar-refractivity contribution is -0.138. The highest BCUT2D eigenvalue weighted by Gasteiger charge is 2.06. The van der Waals surface area contributed by atoms with E-state index in [2.05, 4.69) is 10.2 Å². The normalized spacial score (nSPS) is 15.0. The Hall–Kier alpha value is -1.18. The summed E-state index contributed by atoms with van der Waals surface area (Å²) in [6.45, 7) is 6.43. The number of hydrogen-bond acceptors (Lipinski definition) is 5. The fourth-order valence-electron chi connectivity index (χ4n) is 2.20. The molecule has 1 fully saturated rings. The highest BCUT2D eigenvalue weighted by atomic mass is 16.4. The summed E-state index contributed by atoms with van der Waals surface area (Å²) in [7, 11) is 0. The number of unbranched alkanes of at least 4 members (excludes halogenated alkanes) is 4. The van der Waals surface area contributed by atoms with Crippen molar-refractivity contribution in [1.82, 2.24) is 10.2 Å². The number of aliphatic carboxylic acids is 2. The first kappa shape index (κ1) is 20.8. The van der Waals surface area contributed by atoms with Gasteiger partial charge in [-0.2, -0.15) is 0 Å². The molecule has 0 unspecified atom stereocenters. The first-order valence-electron chi connectivity index (χ1n) is 8.13. The molecule has 1 aliphatic heterocycles. The van der Waals surface area contributed by atoms with Gasteiger partial charge in [-0.15, -0.1) is 0 Å². The molecule has 1 saturated heterocycles. The number of piperazine rings is 1. The summed E-state index contributed by atoms with van der Waals surface area (Å²) in [4.78, 5) is 22.6. The average molecular weight is 317 g/mol. The van der Waals surface area contributed by atoms with Gasteiger partial charge in [0.1, 0.15) is 0 Å². The summed E-state index contributed by atoms with van der Waals surface area (Å²) in [6, 6.07) is 0. The maximum atomic E-state index is 10.1. The number of carboxylic acid groups (broad SMARTS) is 2. The zero-order valence-electron chi connectivity index (χ0n) is 13.4. The van der Waals surface area contributed by atoms with Gasteiger partial charge in [-0.3, -0.25) is 14.5 Å². The maximum Gasteiger partial charge on any atom is 0.303 e. The van der Waals surface area contributed by atoms with Crippen LogP contribution in [0.4, 0.5) is 0 Å². The molecule has 0 amide bonds. The third-order valence-electron chi connectivity index (χ3n) is 3.44. The molecule has 0 aromatic heterocycles. The van der Waals surface area contributed by atoms with Crippen molar-refractivity contribution in [3.8, 4) is 0 Å². The lowest BCUT2D eigenvalue weighted by atomic mass is 10.1. The second kappa shape index (κ2) is 14.7. The van der Waals surface area contributed by atoms with E-state index in [0.29, 0.717) is 12.8 Å². The van der Waals surface area contributed by atoms with Gasteiger partial charge in [-0.05, 0) is 12.8 Å². The minimum Gasteiger partial charge on any atom is -0.481 e. The molecule has 5 N–H and O–H groups in total. The van der Waals surface area contributed by atoms with E-state index in [1.807, 2.05) is 0 Å². The fourth-order valence-corrected chi connectivity index (χ4v) is 2.20. The zero-order valence-corrected chi connectivity index (χ0v) is 13.4. The Balaban J connectivity index is 0.000000425. The summed E-state index contributed by atoms with van der Waals surface area (Å²) >= 11 is 0. The van der Waals surface area contributed by atoms with Crippen molar-refractivity contribution in [2.45, 2.75) is 44.9 Å². The quantitative estimate of drug-likeness (QED) is 0.439. The van der Waals surface area contributed by atoms with E-state index >= 15 is 0 Å². The number of carbonyl (C=O) groups is 2. The predicted molar refractivity (Wildman–Crippen MR) is 86.0 cm³/mol. The van der Waals surface area contributed by atoms with Crippen LogP contribution in [-0.4, -0.2) is 66.3 Å². The molecule has 0 atom stereocenters. The van der Waals surface area contributed by atoms with Crippen molar-refractivity contribution in [3.63, 3.8) is 0 Å². The number of carboxylic acids is 2. The molecular formula is C15H31N3O4. The maximum absolute atomic E-state index is 10.1. The van der Waals surface area contributed by atoms with Crippen molar-refractivity contribution >= 4 is 11.9 Å². The molecule has 0 radical (unpaired) electrons. The largest absolute Gasteiger partial charge is 0.481 e. The molecule has 130 valence electrons. The van der Waals surface area contributed by atoms with Crippen LogP contribution in [0.3, 0.4) is 0 Å². The van der Waals surface area contributed by atoms with E-state index in [0.717, 1.165) is 58.5 Å². The number of nitrogens with one attached hydrogen (secondary N) is 1. The first-order valence-corrected chi connectivity index (χ1v) is 8.13. The Morgan fingerprint density at radius 2 is 1.36 bits per heavy atom. The van der Waals surface area contributed by atoms with Gasteiger partial charge < -0.3 is 21.3 Å². The van der Waals surface area contributed by atoms with Gasteiger partial charge >= 0.3 is 11.9 Å². The lowest BCUT2D eigenvalue weighted by Gasteiger charge is -2.26. The highest BCUT2D eigenvalue weighted by Crippen LogP contribution is 2.06. The molecule has 0 aromatic carbocycles. The topological polar surface area (TPSA) is 116 Å². The molecule has 0 spiro atoms. The molecule has 0 aliphatic carbocycles. The molecule has 1 rings (SSSR count). The Labute approximate surface area is 132 Å². The van der Waals surface area contributed by atoms with Crippen LogP contribution in [0.1, 0.15) is 44.9 Å². The van der Waals surface area contributed by atoms with Crippen LogP contribution in [0.25, 0.3) is 0 Å². The van der Waals surface area contributed by atoms with Gasteiger partial charge in [0.25, 0.3) is 0 Å². The molecule has 7 heteroatoms. The van der Waals surface area contributed by atoms with Gasteiger partial charge in [0.05, 0.1) is 0 Å². The lowest BCUT2D eigenvalue weighted by Crippen LogP contribution is -2.45. The second-order valence-corrected chi connectivity index (χ2v) is 5.44.